The number of aryl methyl sites for hydroxylation is 1. The third-order valence-corrected chi connectivity index (χ3v) is 5.64. The molecule has 0 spiro atoms. The molecule has 0 aliphatic heterocycles. The maximum absolute atomic E-state index is 12.5. The highest BCUT2D eigenvalue weighted by Crippen LogP contribution is 2.20. The number of sulfonamides is 1. The third-order valence-electron chi connectivity index (χ3n) is 4.25. The van der Waals surface area contributed by atoms with Gasteiger partial charge in [0.1, 0.15) is 5.75 Å². The van der Waals surface area contributed by atoms with Crippen LogP contribution in [0.3, 0.4) is 0 Å². The van der Waals surface area contributed by atoms with Gasteiger partial charge in [-0.25, -0.2) is 8.42 Å². The zero-order chi connectivity index (χ0) is 21.6. The summed E-state index contributed by atoms with van der Waals surface area (Å²) in [6.07, 6.45) is 3.03. The fraction of sp³-hybridized carbons (Fsp3) is 0.0870. The van der Waals surface area contributed by atoms with E-state index in [9.17, 15) is 13.2 Å². The average molecular weight is 423 g/mol. The Morgan fingerprint density at radius 1 is 0.933 bits per heavy atom. The number of nitrogens with one attached hydrogen (secondary N) is 2. The summed E-state index contributed by atoms with van der Waals surface area (Å²) in [7, 11) is -2.18. The van der Waals surface area contributed by atoms with Crippen LogP contribution in [0, 0.1) is 6.92 Å². The molecule has 7 heteroatoms. The summed E-state index contributed by atoms with van der Waals surface area (Å²) in [6.45, 7) is 1.95. The molecule has 0 aromatic heterocycles. The van der Waals surface area contributed by atoms with Gasteiger partial charge in [-0.3, -0.25) is 9.52 Å². The summed E-state index contributed by atoms with van der Waals surface area (Å²) in [5.74, 6) is 0.374. The Morgan fingerprint density at radius 3 is 2.27 bits per heavy atom. The van der Waals surface area contributed by atoms with Gasteiger partial charge in [-0.2, -0.15) is 0 Å². The van der Waals surface area contributed by atoms with Crippen LogP contribution in [-0.2, 0) is 14.8 Å². The smallest absolute Gasteiger partial charge is 0.261 e. The molecular formula is C23H22N2O4S. The van der Waals surface area contributed by atoms with Crippen molar-refractivity contribution in [2.75, 3.05) is 17.1 Å². The summed E-state index contributed by atoms with van der Waals surface area (Å²) < 4.78 is 32.7. The minimum absolute atomic E-state index is 0.125. The van der Waals surface area contributed by atoms with Crippen molar-refractivity contribution < 1.29 is 17.9 Å². The van der Waals surface area contributed by atoms with Gasteiger partial charge in [-0.05, 0) is 72.7 Å². The number of amides is 1. The van der Waals surface area contributed by atoms with Crippen molar-refractivity contribution in [3.63, 3.8) is 0 Å². The van der Waals surface area contributed by atoms with Crippen LogP contribution in [0.15, 0.2) is 83.8 Å². The van der Waals surface area contributed by atoms with Crippen LogP contribution in [0.25, 0.3) is 6.08 Å². The quantitative estimate of drug-likeness (QED) is 0.551. The highest BCUT2D eigenvalue weighted by atomic mass is 32.2. The van der Waals surface area contributed by atoms with Gasteiger partial charge >= 0.3 is 0 Å². The van der Waals surface area contributed by atoms with E-state index < -0.39 is 10.0 Å². The van der Waals surface area contributed by atoms with Gasteiger partial charge in [0.05, 0.1) is 12.0 Å². The Bertz CT molecular complexity index is 1150. The van der Waals surface area contributed by atoms with Crippen LogP contribution in [-0.4, -0.2) is 21.4 Å². The maximum Gasteiger partial charge on any atom is 0.261 e. The van der Waals surface area contributed by atoms with Crippen LogP contribution in [0.4, 0.5) is 11.4 Å². The molecular weight excluding hydrogens is 400 g/mol. The van der Waals surface area contributed by atoms with Crippen molar-refractivity contribution in [3.05, 3.63) is 90.0 Å². The molecule has 30 heavy (non-hydrogen) atoms. The number of ether oxygens (including phenoxy) is 1. The monoisotopic (exact) mass is 422 g/mol. The van der Waals surface area contributed by atoms with Crippen LogP contribution in [0.2, 0.25) is 0 Å². The molecule has 3 rings (SSSR count). The van der Waals surface area contributed by atoms with Crippen LogP contribution < -0.4 is 14.8 Å². The lowest BCUT2D eigenvalue weighted by molar-refractivity contribution is -0.111. The first kappa shape index (κ1) is 21.1. The molecule has 0 fully saturated rings. The molecule has 2 N–H and O–H groups in total. The molecule has 0 aliphatic carbocycles. The van der Waals surface area contributed by atoms with E-state index in [0.717, 1.165) is 11.3 Å². The summed E-state index contributed by atoms with van der Waals surface area (Å²) >= 11 is 0. The zero-order valence-electron chi connectivity index (χ0n) is 16.6. The second kappa shape index (κ2) is 9.28. The van der Waals surface area contributed by atoms with Crippen molar-refractivity contribution in [3.8, 4) is 5.75 Å². The SMILES string of the molecule is COc1ccc(NS(=O)(=O)c2ccc(/C=C/C(=O)Nc3cccc(C)c3)cc2)cc1. The largest absolute Gasteiger partial charge is 0.497 e. The first-order valence-corrected chi connectivity index (χ1v) is 10.7. The number of benzene rings is 3. The molecule has 6 nitrogen and oxygen atoms in total. The molecule has 3 aromatic rings. The lowest BCUT2D eigenvalue weighted by Gasteiger charge is -2.09. The topological polar surface area (TPSA) is 84.5 Å². The Labute approximate surface area is 176 Å². The van der Waals surface area contributed by atoms with E-state index >= 15 is 0 Å². The number of anilines is 2. The second-order valence-electron chi connectivity index (χ2n) is 6.60. The van der Waals surface area contributed by atoms with Gasteiger partial charge in [0.25, 0.3) is 10.0 Å². The molecule has 1 amide bonds. The number of carbonyl (C=O) groups excluding carboxylic acids is 1. The van der Waals surface area contributed by atoms with E-state index in [0.29, 0.717) is 17.0 Å². The Balaban J connectivity index is 1.64. The van der Waals surface area contributed by atoms with Gasteiger partial charge < -0.3 is 10.1 Å². The number of carbonyl (C=O) groups is 1. The molecule has 0 atom stereocenters. The highest BCUT2D eigenvalue weighted by molar-refractivity contribution is 7.92. The van der Waals surface area contributed by atoms with Gasteiger partial charge in [-0.15, -0.1) is 0 Å². The van der Waals surface area contributed by atoms with E-state index in [1.54, 1.807) is 49.6 Å². The molecule has 154 valence electrons. The van der Waals surface area contributed by atoms with E-state index in [4.69, 9.17) is 4.74 Å². The van der Waals surface area contributed by atoms with Gasteiger partial charge in [0, 0.05) is 17.5 Å². The molecule has 0 saturated carbocycles. The summed E-state index contributed by atoms with van der Waals surface area (Å²) in [5.41, 5.74) is 2.91. The minimum atomic E-state index is -3.72. The molecule has 0 unspecified atom stereocenters. The standard InChI is InChI=1S/C23H22N2O4S/c1-17-4-3-5-20(16-17)24-23(26)15-8-18-6-13-22(14-7-18)30(27,28)25-19-9-11-21(29-2)12-10-19/h3-16,25H,1-2H3,(H,24,26)/b15-8+. The van der Waals surface area contributed by atoms with Gasteiger partial charge in [0.2, 0.25) is 5.91 Å². The van der Waals surface area contributed by atoms with E-state index in [1.165, 1.54) is 18.2 Å². The molecule has 0 saturated heterocycles. The number of methoxy groups -OCH3 is 1. The van der Waals surface area contributed by atoms with Crippen molar-refractivity contribution in [2.45, 2.75) is 11.8 Å². The maximum atomic E-state index is 12.5. The minimum Gasteiger partial charge on any atom is -0.497 e. The van der Waals surface area contributed by atoms with Crippen molar-refractivity contribution in [1.29, 1.82) is 0 Å². The van der Waals surface area contributed by atoms with Crippen LogP contribution >= 0.6 is 0 Å². The zero-order valence-corrected chi connectivity index (χ0v) is 17.4. The van der Waals surface area contributed by atoms with Crippen molar-refractivity contribution in [2.24, 2.45) is 0 Å². The predicted octanol–water partition coefficient (Wildman–Crippen LogP) is 4.46. The molecule has 0 heterocycles. The number of rotatable bonds is 7. The highest BCUT2D eigenvalue weighted by Gasteiger charge is 2.13. The predicted molar refractivity (Wildman–Crippen MR) is 119 cm³/mol. The van der Waals surface area contributed by atoms with Crippen molar-refractivity contribution in [1.82, 2.24) is 0 Å². The Kier molecular flexibility index (Phi) is 6.54. The van der Waals surface area contributed by atoms with Crippen molar-refractivity contribution >= 4 is 33.4 Å². The molecule has 3 aromatic carbocycles. The Morgan fingerprint density at radius 2 is 1.63 bits per heavy atom. The second-order valence-corrected chi connectivity index (χ2v) is 8.28. The van der Waals surface area contributed by atoms with E-state index in [2.05, 4.69) is 10.0 Å². The Hall–Kier alpha value is -3.58. The van der Waals surface area contributed by atoms with Gasteiger partial charge in [0.15, 0.2) is 0 Å². The first-order valence-electron chi connectivity index (χ1n) is 9.18. The van der Waals surface area contributed by atoms with E-state index in [1.807, 2.05) is 31.2 Å². The summed E-state index contributed by atoms with van der Waals surface area (Å²) in [6, 6.07) is 20.4. The van der Waals surface area contributed by atoms with E-state index in [-0.39, 0.29) is 10.8 Å². The lowest BCUT2D eigenvalue weighted by atomic mass is 10.2. The lowest BCUT2D eigenvalue weighted by Crippen LogP contribution is -2.12. The summed E-state index contributed by atoms with van der Waals surface area (Å²) in [5, 5.41) is 2.78. The van der Waals surface area contributed by atoms with Crippen LogP contribution in [0.5, 0.6) is 5.75 Å². The van der Waals surface area contributed by atoms with Gasteiger partial charge in [-0.1, -0.05) is 24.3 Å². The first-order chi connectivity index (χ1) is 14.4. The number of hydrogen-bond donors (Lipinski definition) is 2. The normalized spacial score (nSPS) is 11.3. The molecule has 0 radical (unpaired) electrons. The third kappa shape index (κ3) is 5.71. The molecule has 0 bridgehead atoms. The fourth-order valence-corrected chi connectivity index (χ4v) is 3.77. The fourth-order valence-electron chi connectivity index (χ4n) is 2.71. The molecule has 0 aliphatic rings. The summed E-state index contributed by atoms with van der Waals surface area (Å²) in [4.78, 5) is 12.2. The number of hydrogen-bond acceptors (Lipinski definition) is 4. The average Bonchev–Trinajstić information content (AvgIpc) is 2.73. The van der Waals surface area contributed by atoms with Crippen LogP contribution in [0.1, 0.15) is 11.1 Å².